The number of nitrogens with zero attached hydrogens (tertiary/aromatic N) is 1. The molecule has 70 valence electrons. The first-order valence-corrected chi connectivity index (χ1v) is 4.89. The van der Waals surface area contributed by atoms with Gasteiger partial charge in [-0.15, -0.1) is 0 Å². The van der Waals surface area contributed by atoms with Crippen LogP contribution >= 0.6 is 0 Å². The number of anilines is 1. The molecule has 1 aliphatic rings. The van der Waals surface area contributed by atoms with Gasteiger partial charge < -0.3 is 10.6 Å². The molecular weight excluding hydrogens is 160 g/mol. The van der Waals surface area contributed by atoms with Crippen LogP contribution in [0.15, 0.2) is 24.3 Å². The molecule has 2 rings (SSSR count). The van der Waals surface area contributed by atoms with Gasteiger partial charge in [-0.05, 0) is 31.4 Å². The summed E-state index contributed by atoms with van der Waals surface area (Å²) in [6, 6.07) is 8.55. The van der Waals surface area contributed by atoms with Gasteiger partial charge in [0.25, 0.3) is 0 Å². The molecule has 0 radical (unpaired) electrons. The maximum absolute atomic E-state index is 5.91. The molecule has 1 atom stereocenters. The van der Waals surface area contributed by atoms with Crippen molar-refractivity contribution in [1.29, 1.82) is 0 Å². The van der Waals surface area contributed by atoms with E-state index in [9.17, 15) is 0 Å². The van der Waals surface area contributed by atoms with E-state index in [1.54, 1.807) is 0 Å². The van der Waals surface area contributed by atoms with E-state index in [1.807, 2.05) is 6.92 Å². The second-order valence-corrected chi connectivity index (χ2v) is 3.67. The second-order valence-electron chi connectivity index (χ2n) is 3.67. The first-order valence-electron chi connectivity index (χ1n) is 4.89. The zero-order valence-corrected chi connectivity index (χ0v) is 8.03. The summed E-state index contributed by atoms with van der Waals surface area (Å²) in [5.41, 5.74) is 8.67. The van der Waals surface area contributed by atoms with E-state index in [2.05, 4.69) is 29.2 Å². The van der Waals surface area contributed by atoms with Crippen LogP contribution in [0.3, 0.4) is 0 Å². The molecule has 0 saturated heterocycles. The number of rotatable bonds is 1. The van der Waals surface area contributed by atoms with Crippen LogP contribution in [-0.4, -0.2) is 12.7 Å². The van der Waals surface area contributed by atoms with Crippen molar-refractivity contribution >= 4 is 5.69 Å². The molecule has 13 heavy (non-hydrogen) atoms. The first-order chi connectivity index (χ1) is 6.29. The molecule has 1 heterocycles. The van der Waals surface area contributed by atoms with E-state index in [0.29, 0.717) is 0 Å². The monoisotopic (exact) mass is 176 g/mol. The lowest BCUT2D eigenvalue weighted by Crippen LogP contribution is -2.42. The van der Waals surface area contributed by atoms with Crippen molar-refractivity contribution < 1.29 is 0 Å². The van der Waals surface area contributed by atoms with E-state index in [4.69, 9.17) is 5.73 Å². The van der Waals surface area contributed by atoms with Crippen LogP contribution in [0.1, 0.15) is 18.9 Å². The Bertz CT molecular complexity index is 294. The standard InChI is InChI=1S/C11H16N2/c1-9(12)13-8-4-6-10-5-2-3-7-11(10)13/h2-3,5,7,9H,4,6,8,12H2,1H3/t9-/m0/s1. The molecule has 0 spiro atoms. The fourth-order valence-corrected chi connectivity index (χ4v) is 1.99. The van der Waals surface area contributed by atoms with Crippen LogP contribution in [0.2, 0.25) is 0 Å². The molecule has 0 bridgehead atoms. The molecule has 0 unspecified atom stereocenters. The predicted octanol–water partition coefficient (Wildman–Crippen LogP) is 1.74. The SMILES string of the molecule is C[C@@H](N)N1CCCc2ccccc21. The number of fused-ring (bicyclic) bond motifs is 1. The largest absolute Gasteiger partial charge is 0.356 e. The summed E-state index contributed by atoms with van der Waals surface area (Å²) in [6.07, 6.45) is 2.54. The van der Waals surface area contributed by atoms with E-state index in [0.717, 1.165) is 6.54 Å². The van der Waals surface area contributed by atoms with E-state index in [1.165, 1.54) is 24.1 Å². The molecule has 0 fully saturated rings. The zero-order chi connectivity index (χ0) is 9.26. The summed E-state index contributed by atoms with van der Waals surface area (Å²) in [5, 5.41) is 0. The molecule has 0 saturated carbocycles. The highest BCUT2D eigenvalue weighted by atomic mass is 15.2. The van der Waals surface area contributed by atoms with E-state index >= 15 is 0 Å². The maximum atomic E-state index is 5.91. The predicted molar refractivity (Wildman–Crippen MR) is 55.8 cm³/mol. The molecule has 1 aromatic rings. The Morgan fingerprint density at radius 3 is 2.92 bits per heavy atom. The topological polar surface area (TPSA) is 29.3 Å². The minimum Gasteiger partial charge on any atom is -0.356 e. The Kier molecular flexibility index (Phi) is 2.23. The molecule has 0 aromatic heterocycles. The van der Waals surface area contributed by atoms with Gasteiger partial charge in [0.05, 0.1) is 6.17 Å². The molecule has 2 nitrogen and oxygen atoms in total. The van der Waals surface area contributed by atoms with Crippen molar-refractivity contribution in [3.05, 3.63) is 29.8 Å². The Morgan fingerprint density at radius 2 is 2.15 bits per heavy atom. The summed E-state index contributed by atoms with van der Waals surface area (Å²) in [6.45, 7) is 3.14. The van der Waals surface area contributed by atoms with Crippen LogP contribution < -0.4 is 10.6 Å². The number of benzene rings is 1. The van der Waals surface area contributed by atoms with Crippen LogP contribution in [0.4, 0.5) is 5.69 Å². The minimum absolute atomic E-state index is 0.126. The lowest BCUT2D eigenvalue weighted by molar-refractivity contribution is 0.609. The van der Waals surface area contributed by atoms with Gasteiger partial charge in [0.15, 0.2) is 0 Å². The Labute approximate surface area is 79.4 Å². The summed E-state index contributed by atoms with van der Waals surface area (Å²) in [7, 11) is 0. The minimum atomic E-state index is 0.126. The highest BCUT2D eigenvalue weighted by molar-refractivity contribution is 5.55. The zero-order valence-electron chi connectivity index (χ0n) is 8.03. The molecular formula is C11H16N2. The average Bonchev–Trinajstić information content (AvgIpc) is 2.17. The average molecular weight is 176 g/mol. The van der Waals surface area contributed by atoms with Crippen molar-refractivity contribution in [2.75, 3.05) is 11.4 Å². The molecule has 1 aromatic carbocycles. The first kappa shape index (κ1) is 8.57. The molecule has 0 aliphatic carbocycles. The smallest absolute Gasteiger partial charge is 0.0742 e. The Balaban J connectivity index is 2.37. The van der Waals surface area contributed by atoms with Crippen molar-refractivity contribution in [3.8, 4) is 0 Å². The molecule has 2 N–H and O–H groups in total. The molecule has 0 amide bonds. The van der Waals surface area contributed by atoms with Gasteiger partial charge in [0.1, 0.15) is 0 Å². The van der Waals surface area contributed by atoms with Crippen LogP contribution in [-0.2, 0) is 6.42 Å². The van der Waals surface area contributed by atoms with Gasteiger partial charge in [-0.1, -0.05) is 18.2 Å². The van der Waals surface area contributed by atoms with Gasteiger partial charge in [-0.25, -0.2) is 0 Å². The van der Waals surface area contributed by atoms with Gasteiger partial charge >= 0.3 is 0 Å². The van der Waals surface area contributed by atoms with Gasteiger partial charge in [0.2, 0.25) is 0 Å². The second kappa shape index (κ2) is 3.38. The maximum Gasteiger partial charge on any atom is 0.0742 e. The lowest BCUT2D eigenvalue weighted by atomic mass is 10.0. The number of nitrogens with two attached hydrogens (primary N) is 1. The van der Waals surface area contributed by atoms with E-state index in [-0.39, 0.29) is 6.17 Å². The van der Waals surface area contributed by atoms with E-state index < -0.39 is 0 Å². The van der Waals surface area contributed by atoms with Crippen molar-refractivity contribution in [3.63, 3.8) is 0 Å². The number of para-hydroxylation sites is 1. The summed E-state index contributed by atoms with van der Waals surface area (Å²) < 4.78 is 0. The normalized spacial score (nSPS) is 18.2. The summed E-state index contributed by atoms with van der Waals surface area (Å²) in [4.78, 5) is 2.28. The van der Waals surface area contributed by atoms with Crippen molar-refractivity contribution in [2.24, 2.45) is 5.73 Å². The van der Waals surface area contributed by atoms with Crippen LogP contribution in [0.5, 0.6) is 0 Å². The summed E-state index contributed by atoms with van der Waals surface area (Å²) >= 11 is 0. The molecule has 2 heteroatoms. The van der Waals surface area contributed by atoms with Crippen LogP contribution in [0, 0.1) is 0 Å². The Hall–Kier alpha value is -1.02. The highest BCUT2D eigenvalue weighted by Crippen LogP contribution is 2.26. The van der Waals surface area contributed by atoms with Gasteiger partial charge in [-0.3, -0.25) is 0 Å². The number of aryl methyl sites for hydroxylation is 1. The number of hydrogen-bond donors (Lipinski definition) is 1. The third-order valence-electron chi connectivity index (χ3n) is 2.64. The van der Waals surface area contributed by atoms with Gasteiger partial charge in [-0.2, -0.15) is 0 Å². The fraction of sp³-hybridized carbons (Fsp3) is 0.455. The molecule has 1 aliphatic heterocycles. The van der Waals surface area contributed by atoms with Crippen molar-refractivity contribution in [1.82, 2.24) is 0 Å². The third kappa shape index (κ3) is 1.54. The highest BCUT2D eigenvalue weighted by Gasteiger charge is 2.17. The third-order valence-corrected chi connectivity index (χ3v) is 2.64. The fourth-order valence-electron chi connectivity index (χ4n) is 1.99. The lowest BCUT2D eigenvalue weighted by Gasteiger charge is -2.34. The number of hydrogen-bond acceptors (Lipinski definition) is 2. The van der Waals surface area contributed by atoms with Crippen molar-refractivity contribution in [2.45, 2.75) is 25.9 Å². The van der Waals surface area contributed by atoms with Crippen LogP contribution in [0.25, 0.3) is 0 Å². The Morgan fingerprint density at radius 1 is 1.38 bits per heavy atom. The summed E-state index contributed by atoms with van der Waals surface area (Å²) in [5.74, 6) is 0. The van der Waals surface area contributed by atoms with Gasteiger partial charge in [0, 0.05) is 12.2 Å². The quantitative estimate of drug-likeness (QED) is 0.706.